The Labute approximate surface area is 124 Å². The maximum absolute atomic E-state index is 11.6. The molecule has 1 aromatic heterocycles. The van der Waals surface area contributed by atoms with Crippen LogP contribution in [0.5, 0.6) is 0 Å². The summed E-state index contributed by atoms with van der Waals surface area (Å²) in [5.74, 6) is -0.0397. The van der Waals surface area contributed by atoms with E-state index in [-0.39, 0.29) is 5.91 Å². The molecule has 0 atom stereocenters. The molecular weight excluding hydrogens is 326 g/mol. The third-order valence-electron chi connectivity index (χ3n) is 2.50. The second-order valence-electron chi connectivity index (χ2n) is 3.99. The number of aromatic nitrogens is 1. The summed E-state index contributed by atoms with van der Waals surface area (Å²) >= 11 is 4.82. The molecule has 0 fully saturated rings. The summed E-state index contributed by atoms with van der Waals surface area (Å²) in [6.45, 7) is 0.523. The monoisotopic (exact) mass is 339 g/mol. The van der Waals surface area contributed by atoms with Crippen molar-refractivity contribution in [2.45, 2.75) is 12.8 Å². The van der Waals surface area contributed by atoms with E-state index in [9.17, 15) is 4.79 Å². The van der Waals surface area contributed by atoms with Crippen molar-refractivity contribution in [2.24, 2.45) is 5.73 Å². The van der Waals surface area contributed by atoms with Crippen LogP contribution in [0.2, 0.25) is 0 Å². The van der Waals surface area contributed by atoms with Gasteiger partial charge in [-0.2, -0.15) is 0 Å². The highest BCUT2D eigenvalue weighted by atomic mass is 79.9. The lowest BCUT2D eigenvalue weighted by Crippen LogP contribution is -2.13. The lowest BCUT2D eigenvalue weighted by Gasteiger charge is -2.00. The number of hydrogen-bond acceptors (Lipinski definition) is 4. The summed E-state index contributed by atoms with van der Waals surface area (Å²) in [6.07, 6.45) is 1.13. The van der Waals surface area contributed by atoms with Gasteiger partial charge in [-0.05, 0) is 25.1 Å². The molecule has 0 unspecified atom stereocenters. The molecule has 0 bridgehead atoms. The number of nitrogens with one attached hydrogen (secondary N) is 1. The maximum atomic E-state index is 11.6. The molecule has 6 heteroatoms. The van der Waals surface area contributed by atoms with E-state index in [4.69, 9.17) is 5.73 Å². The van der Waals surface area contributed by atoms with Crippen molar-refractivity contribution in [1.29, 1.82) is 0 Å². The van der Waals surface area contributed by atoms with E-state index in [2.05, 4.69) is 26.2 Å². The second kappa shape index (κ2) is 6.79. The molecule has 0 saturated carbocycles. The van der Waals surface area contributed by atoms with Crippen LogP contribution in [-0.2, 0) is 4.79 Å². The van der Waals surface area contributed by atoms with E-state index in [1.165, 1.54) is 11.3 Å². The molecule has 0 radical (unpaired) electrons. The molecule has 4 nitrogen and oxygen atoms in total. The molecule has 1 amide bonds. The molecule has 0 spiro atoms. The molecule has 0 aliphatic carbocycles. The van der Waals surface area contributed by atoms with Crippen molar-refractivity contribution >= 4 is 38.3 Å². The van der Waals surface area contributed by atoms with E-state index in [1.54, 1.807) is 0 Å². The Kier molecular flexibility index (Phi) is 5.07. The van der Waals surface area contributed by atoms with E-state index in [0.29, 0.717) is 24.5 Å². The van der Waals surface area contributed by atoms with E-state index >= 15 is 0 Å². The second-order valence-corrected chi connectivity index (χ2v) is 5.76. The predicted molar refractivity (Wildman–Crippen MR) is 82.2 cm³/mol. The van der Waals surface area contributed by atoms with Gasteiger partial charge in [-0.25, -0.2) is 4.98 Å². The van der Waals surface area contributed by atoms with E-state index in [1.807, 2.05) is 29.6 Å². The van der Waals surface area contributed by atoms with Gasteiger partial charge in [0.25, 0.3) is 0 Å². The lowest BCUT2D eigenvalue weighted by molar-refractivity contribution is -0.116. The number of carbonyl (C=O) groups is 1. The van der Waals surface area contributed by atoms with Crippen LogP contribution in [0.15, 0.2) is 34.1 Å². The van der Waals surface area contributed by atoms with Crippen LogP contribution < -0.4 is 11.1 Å². The average molecular weight is 340 g/mol. The number of carbonyl (C=O) groups excluding carboxylic acids is 1. The Morgan fingerprint density at radius 3 is 2.79 bits per heavy atom. The topological polar surface area (TPSA) is 68.0 Å². The van der Waals surface area contributed by atoms with Crippen molar-refractivity contribution < 1.29 is 4.79 Å². The fraction of sp³-hybridized carbons (Fsp3) is 0.231. The number of anilines is 1. The number of nitrogens with two attached hydrogens (primary N) is 1. The van der Waals surface area contributed by atoms with Crippen LogP contribution in [0.25, 0.3) is 11.3 Å². The van der Waals surface area contributed by atoms with Crippen molar-refractivity contribution in [3.05, 3.63) is 34.1 Å². The van der Waals surface area contributed by atoms with Crippen LogP contribution in [0.4, 0.5) is 5.13 Å². The molecule has 19 heavy (non-hydrogen) atoms. The van der Waals surface area contributed by atoms with E-state index < -0.39 is 0 Å². The molecule has 100 valence electrons. The molecule has 0 saturated heterocycles. The minimum Gasteiger partial charge on any atom is -0.330 e. The summed E-state index contributed by atoms with van der Waals surface area (Å²) in [4.78, 5) is 16.0. The maximum Gasteiger partial charge on any atom is 0.226 e. The van der Waals surface area contributed by atoms with Gasteiger partial charge in [0.1, 0.15) is 0 Å². The van der Waals surface area contributed by atoms with Gasteiger partial charge in [0.05, 0.1) is 5.69 Å². The van der Waals surface area contributed by atoms with Gasteiger partial charge in [-0.1, -0.05) is 28.1 Å². The Morgan fingerprint density at radius 2 is 2.11 bits per heavy atom. The van der Waals surface area contributed by atoms with Gasteiger partial charge in [-0.3, -0.25) is 4.79 Å². The van der Waals surface area contributed by atoms with Gasteiger partial charge >= 0.3 is 0 Å². The van der Waals surface area contributed by atoms with Crippen molar-refractivity contribution in [3.8, 4) is 11.3 Å². The highest BCUT2D eigenvalue weighted by Crippen LogP contribution is 2.26. The molecule has 0 aliphatic rings. The SMILES string of the molecule is NCCCC(=O)Nc1nc(-c2ccc(Br)cc2)cs1. The Balaban J connectivity index is 2.02. The first-order valence-electron chi connectivity index (χ1n) is 5.90. The summed E-state index contributed by atoms with van der Waals surface area (Å²) < 4.78 is 1.03. The fourth-order valence-corrected chi connectivity index (χ4v) is 2.53. The number of nitrogens with zero attached hydrogens (tertiary/aromatic N) is 1. The standard InChI is InChI=1S/C13H14BrN3OS/c14-10-5-3-9(4-6-10)11-8-19-13(16-11)17-12(18)2-1-7-15/h3-6,8H,1-2,7,15H2,(H,16,17,18). The van der Waals surface area contributed by atoms with Crippen molar-refractivity contribution in [2.75, 3.05) is 11.9 Å². The van der Waals surface area contributed by atoms with Crippen LogP contribution >= 0.6 is 27.3 Å². The van der Waals surface area contributed by atoms with Gasteiger partial charge in [0.15, 0.2) is 5.13 Å². The third-order valence-corrected chi connectivity index (χ3v) is 3.78. The first-order valence-corrected chi connectivity index (χ1v) is 7.57. The highest BCUT2D eigenvalue weighted by Gasteiger charge is 2.07. The van der Waals surface area contributed by atoms with Gasteiger partial charge in [-0.15, -0.1) is 11.3 Å². The van der Waals surface area contributed by atoms with Crippen molar-refractivity contribution in [1.82, 2.24) is 4.98 Å². The molecule has 2 rings (SSSR count). The zero-order valence-electron chi connectivity index (χ0n) is 10.2. The number of amides is 1. The lowest BCUT2D eigenvalue weighted by atomic mass is 10.2. The number of halogens is 1. The largest absolute Gasteiger partial charge is 0.330 e. The van der Waals surface area contributed by atoms with Crippen LogP contribution in [0.3, 0.4) is 0 Å². The molecule has 0 aliphatic heterocycles. The summed E-state index contributed by atoms with van der Waals surface area (Å²) in [5.41, 5.74) is 7.26. The predicted octanol–water partition coefficient (Wildman–Crippen LogP) is 3.25. The van der Waals surface area contributed by atoms with Gasteiger partial charge < -0.3 is 11.1 Å². The smallest absolute Gasteiger partial charge is 0.226 e. The van der Waals surface area contributed by atoms with Gasteiger partial charge in [0, 0.05) is 21.8 Å². The minimum absolute atomic E-state index is 0.0397. The Hall–Kier alpha value is -1.24. The summed E-state index contributed by atoms with van der Waals surface area (Å²) in [5, 5.41) is 5.34. The zero-order chi connectivity index (χ0) is 13.7. The highest BCUT2D eigenvalue weighted by molar-refractivity contribution is 9.10. The first-order chi connectivity index (χ1) is 9.19. The van der Waals surface area contributed by atoms with Crippen LogP contribution in [0.1, 0.15) is 12.8 Å². The summed E-state index contributed by atoms with van der Waals surface area (Å²) in [7, 11) is 0. The van der Waals surface area contributed by atoms with Crippen molar-refractivity contribution in [3.63, 3.8) is 0 Å². The molecule has 3 N–H and O–H groups in total. The van der Waals surface area contributed by atoms with E-state index in [0.717, 1.165) is 15.7 Å². The third kappa shape index (κ3) is 4.12. The summed E-state index contributed by atoms with van der Waals surface area (Å²) in [6, 6.07) is 7.90. The fourth-order valence-electron chi connectivity index (χ4n) is 1.53. The Bertz CT molecular complexity index is 553. The van der Waals surface area contributed by atoms with Gasteiger partial charge in [0.2, 0.25) is 5.91 Å². The zero-order valence-corrected chi connectivity index (χ0v) is 12.6. The van der Waals surface area contributed by atoms with Crippen LogP contribution in [-0.4, -0.2) is 17.4 Å². The number of hydrogen-bond donors (Lipinski definition) is 2. The number of benzene rings is 1. The normalized spacial score (nSPS) is 10.4. The Morgan fingerprint density at radius 1 is 1.37 bits per heavy atom. The quantitative estimate of drug-likeness (QED) is 0.878. The van der Waals surface area contributed by atoms with Crippen LogP contribution in [0, 0.1) is 0 Å². The molecule has 1 aromatic carbocycles. The number of thiazole rings is 1. The number of rotatable bonds is 5. The first kappa shape index (κ1) is 14.2. The minimum atomic E-state index is -0.0397. The molecular formula is C13H14BrN3OS. The average Bonchev–Trinajstić information content (AvgIpc) is 2.85. The molecule has 1 heterocycles. The molecule has 2 aromatic rings.